The lowest BCUT2D eigenvalue weighted by molar-refractivity contribution is 0.0686. The van der Waals surface area contributed by atoms with E-state index in [1.54, 1.807) is 0 Å². The molecule has 0 spiro atoms. The number of aromatic nitrogens is 2. The van der Waals surface area contributed by atoms with Crippen LogP contribution in [0.3, 0.4) is 0 Å². The maximum absolute atomic E-state index is 11.9. The summed E-state index contributed by atoms with van der Waals surface area (Å²) < 4.78 is 36.8. The van der Waals surface area contributed by atoms with Crippen molar-refractivity contribution in [2.24, 2.45) is 0 Å². The lowest BCUT2D eigenvalue weighted by Crippen LogP contribution is -2.29. The molecule has 1 rings (SSSR count). The molecule has 10 heteroatoms. The highest BCUT2D eigenvalue weighted by Crippen LogP contribution is 2.17. The number of rotatable bonds is 6. The van der Waals surface area contributed by atoms with E-state index in [9.17, 15) is 17.4 Å². The molecule has 0 aliphatic heterocycles. The number of nitrogens with one attached hydrogen (secondary N) is 2. The van der Waals surface area contributed by atoms with Crippen molar-refractivity contribution >= 4 is 26.8 Å². The number of aromatic amines is 1. The van der Waals surface area contributed by atoms with Gasteiger partial charge in [-0.15, -0.1) is 0 Å². The quantitative estimate of drug-likeness (QED) is 0.622. The highest BCUT2D eigenvalue weighted by atomic mass is 32.2. The van der Waals surface area contributed by atoms with Gasteiger partial charge in [0.25, 0.3) is 0 Å². The third-order valence-electron chi connectivity index (χ3n) is 2.04. The van der Waals surface area contributed by atoms with Crippen molar-refractivity contribution in [1.82, 2.24) is 14.9 Å². The van der Waals surface area contributed by atoms with Crippen molar-refractivity contribution in [2.75, 3.05) is 18.6 Å². The summed E-state index contributed by atoms with van der Waals surface area (Å²) in [4.78, 5) is 10.4. The van der Waals surface area contributed by atoms with Crippen LogP contribution in [0.15, 0.2) is 4.90 Å². The van der Waals surface area contributed by atoms with Crippen LogP contribution in [0.25, 0.3) is 0 Å². The molecule has 0 aliphatic rings. The first kappa shape index (κ1) is 14.8. The van der Waals surface area contributed by atoms with Crippen molar-refractivity contribution in [1.29, 1.82) is 0 Å². The summed E-state index contributed by atoms with van der Waals surface area (Å²) in [5, 5.41) is 14.6. The van der Waals surface area contributed by atoms with E-state index in [2.05, 4.69) is 14.9 Å². The number of carboxylic acids is 1. The van der Waals surface area contributed by atoms with E-state index in [1.165, 1.54) is 13.2 Å². The highest BCUT2D eigenvalue weighted by Gasteiger charge is 2.27. The van der Waals surface area contributed by atoms with Gasteiger partial charge in [-0.05, 0) is 6.92 Å². The summed E-state index contributed by atoms with van der Waals surface area (Å²) in [6.45, 7) is 1.38. The number of H-pyrrole nitrogens is 1. The van der Waals surface area contributed by atoms with Crippen LogP contribution in [0.2, 0.25) is 0 Å². The summed E-state index contributed by atoms with van der Waals surface area (Å²) in [5.41, 5.74) is -0.421. The van der Waals surface area contributed by atoms with Gasteiger partial charge < -0.3 is 5.11 Å². The van der Waals surface area contributed by atoms with Crippen molar-refractivity contribution < 1.29 is 22.5 Å². The number of sulfonamides is 1. The second kappa shape index (κ2) is 5.59. The van der Waals surface area contributed by atoms with Gasteiger partial charge in [0.05, 0.1) is 5.69 Å². The summed E-state index contributed by atoms with van der Waals surface area (Å²) in [5.74, 6) is -1.28. The van der Waals surface area contributed by atoms with Crippen LogP contribution in [-0.4, -0.2) is 52.5 Å². The largest absolute Gasteiger partial charge is 0.476 e. The Morgan fingerprint density at radius 3 is 2.67 bits per heavy atom. The molecule has 1 aromatic rings. The van der Waals surface area contributed by atoms with Gasteiger partial charge >= 0.3 is 5.97 Å². The van der Waals surface area contributed by atoms with Gasteiger partial charge in [0.15, 0.2) is 5.69 Å². The normalized spacial score (nSPS) is 13.4. The van der Waals surface area contributed by atoms with E-state index < -0.39 is 37.4 Å². The van der Waals surface area contributed by atoms with Crippen LogP contribution < -0.4 is 4.72 Å². The molecule has 8 nitrogen and oxygen atoms in total. The average Bonchev–Trinajstić information content (AvgIpc) is 2.59. The Morgan fingerprint density at radius 1 is 1.56 bits per heavy atom. The molecule has 0 fully saturated rings. The zero-order chi connectivity index (χ0) is 13.9. The Morgan fingerprint density at radius 2 is 2.17 bits per heavy atom. The van der Waals surface area contributed by atoms with E-state index in [4.69, 9.17) is 5.11 Å². The SMILES string of the molecule is Cc1[nH]nc(C(=O)O)c1S(=O)(=O)NCCS(C)=O. The van der Waals surface area contributed by atoms with E-state index in [0.717, 1.165) is 0 Å². The van der Waals surface area contributed by atoms with Crippen LogP contribution in [0, 0.1) is 6.92 Å². The number of carbonyl (C=O) groups is 1. The molecule has 18 heavy (non-hydrogen) atoms. The fourth-order valence-electron chi connectivity index (χ4n) is 1.28. The van der Waals surface area contributed by atoms with Crippen molar-refractivity contribution in [2.45, 2.75) is 11.8 Å². The Labute approximate surface area is 106 Å². The highest BCUT2D eigenvalue weighted by molar-refractivity contribution is 7.89. The molecule has 0 amide bonds. The zero-order valence-corrected chi connectivity index (χ0v) is 11.4. The first-order chi connectivity index (χ1) is 8.25. The van der Waals surface area contributed by atoms with Gasteiger partial charge in [-0.1, -0.05) is 0 Å². The van der Waals surface area contributed by atoms with Crippen LogP contribution in [0.5, 0.6) is 0 Å². The summed E-state index contributed by atoms with van der Waals surface area (Å²) in [6, 6.07) is 0. The molecule has 0 bridgehead atoms. The molecular weight excluding hydrogens is 282 g/mol. The Bertz CT molecular complexity index is 578. The lowest BCUT2D eigenvalue weighted by atomic mass is 10.4. The monoisotopic (exact) mass is 295 g/mol. The molecule has 0 saturated carbocycles. The summed E-state index contributed by atoms with van der Waals surface area (Å²) in [6.07, 6.45) is 1.44. The van der Waals surface area contributed by atoms with Crippen LogP contribution in [-0.2, 0) is 20.8 Å². The van der Waals surface area contributed by atoms with Crippen molar-refractivity contribution in [3.05, 3.63) is 11.4 Å². The molecule has 0 aromatic carbocycles. The lowest BCUT2D eigenvalue weighted by Gasteiger charge is -2.05. The Hall–Kier alpha value is -1.26. The summed E-state index contributed by atoms with van der Waals surface area (Å²) >= 11 is 0. The number of hydrogen-bond donors (Lipinski definition) is 3. The van der Waals surface area contributed by atoms with Crippen LogP contribution in [0.4, 0.5) is 0 Å². The predicted octanol–water partition coefficient (Wildman–Crippen LogP) is -0.927. The van der Waals surface area contributed by atoms with Gasteiger partial charge in [0.2, 0.25) is 10.0 Å². The maximum Gasteiger partial charge on any atom is 0.357 e. The second-order valence-corrected chi connectivity index (χ2v) is 6.77. The van der Waals surface area contributed by atoms with E-state index in [0.29, 0.717) is 0 Å². The summed E-state index contributed by atoms with van der Waals surface area (Å²) in [7, 11) is -5.11. The molecule has 0 aliphatic carbocycles. The van der Waals surface area contributed by atoms with Gasteiger partial charge in [0, 0.05) is 29.4 Å². The van der Waals surface area contributed by atoms with Gasteiger partial charge in [-0.2, -0.15) is 5.10 Å². The smallest absolute Gasteiger partial charge is 0.357 e. The third-order valence-corrected chi connectivity index (χ3v) is 4.44. The fourth-order valence-corrected chi connectivity index (χ4v) is 3.15. The standard InChI is InChI=1S/C8H13N3O5S2/c1-5-7(6(8(12)13)11-10-5)18(15,16)9-3-4-17(2)14/h9H,3-4H2,1-2H3,(H,10,11)(H,12,13). The van der Waals surface area contributed by atoms with Gasteiger partial charge in [0.1, 0.15) is 4.90 Å². The first-order valence-corrected chi connectivity index (χ1v) is 8.04. The minimum atomic E-state index is -3.98. The van der Waals surface area contributed by atoms with E-state index in [-0.39, 0.29) is 18.0 Å². The fraction of sp³-hybridized carbons (Fsp3) is 0.500. The van der Waals surface area contributed by atoms with Crippen LogP contribution >= 0.6 is 0 Å². The minimum absolute atomic E-state index is 0.0326. The first-order valence-electron chi connectivity index (χ1n) is 4.83. The second-order valence-electron chi connectivity index (χ2n) is 3.51. The molecule has 1 aromatic heterocycles. The number of carboxylic acid groups (broad SMARTS) is 1. The minimum Gasteiger partial charge on any atom is -0.476 e. The number of hydrogen-bond acceptors (Lipinski definition) is 5. The molecule has 3 N–H and O–H groups in total. The van der Waals surface area contributed by atoms with E-state index >= 15 is 0 Å². The van der Waals surface area contributed by atoms with Crippen molar-refractivity contribution in [3.8, 4) is 0 Å². The van der Waals surface area contributed by atoms with Gasteiger partial charge in [-0.3, -0.25) is 9.31 Å². The predicted molar refractivity (Wildman–Crippen MR) is 64.4 cm³/mol. The number of aryl methyl sites for hydroxylation is 1. The van der Waals surface area contributed by atoms with Crippen LogP contribution in [0.1, 0.15) is 16.2 Å². The zero-order valence-electron chi connectivity index (χ0n) is 9.76. The molecule has 102 valence electrons. The molecule has 0 radical (unpaired) electrons. The molecule has 0 saturated heterocycles. The molecular formula is C8H13N3O5S2. The topological polar surface area (TPSA) is 129 Å². The Balaban J connectivity index is 3.01. The molecule has 1 heterocycles. The van der Waals surface area contributed by atoms with Gasteiger partial charge in [-0.25, -0.2) is 17.9 Å². The van der Waals surface area contributed by atoms with Crippen molar-refractivity contribution in [3.63, 3.8) is 0 Å². The molecule has 1 atom stereocenters. The molecule has 1 unspecified atom stereocenters. The van der Waals surface area contributed by atoms with E-state index in [1.807, 2.05) is 0 Å². The Kier molecular flexibility index (Phi) is 4.59. The average molecular weight is 295 g/mol. The number of nitrogens with zero attached hydrogens (tertiary/aromatic N) is 1. The maximum atomic E-state index is 11.9. The third kappa shape index (κ3) is 3.37. The number of aromatic carboxylic acids is 1.